The highest BCUT2D eigenvalue weighted by atomic mass is 35.5. The molecule has 1 aliphatic heterocycles. The van der Waals surface area contributed by atoms with Gasteiger partial charge in [0.05, 0.1) is 20.3 Å². The third-order valence-corrected chi connectivity index (χ3v) is 9.29. The van der Waals surface area contributed by atoms with Crippen LogP contribution in [0.1, 0.15) is 40.8 Å². The second-order valence-electron chi connectivity index (χ2n) is 12.6. The van der Waals surface area contributed by atoms with Crippen LogP contribution < -0.4 is 20.1 Å². The molecule has 5 rings (SSSR count). The maximum atomic E-state index is 14.4. The second kappa shape index (κ2) is 13.2. The molecule has 0 saturated carbocycles. The van der Waals surface area contributed by atoms with E-state index in [9.17, 15) is 19.6 Å². The summed E-state index contributed by atoms with van der Waals surface area (Å²) < 4.78 is 44.1. The number of nitrogens with one attached hydrogen (secondary N) is 1. The van der Waals surface area contributed by atoms with Gasteiger partial charge in [0.25, 0.3) is 0 Å². The Balaban J connectivity index is 1.42. The molecule has 6 atom stereocenters. The zero-order valence-corrected chi connectivity index (χ0v) is 28.4. The van der Waals surface area contributed by atoms with Crippen molar-refractivity contribution in [2.24, 2.45) is 5.41 Å². The Bertz CT molecular complexity index is 1830. The van der Waals surface area contributed by atoms with Crippen molar-refractivity contribution in [3.05, 3.63) is 47.7 Å². The normalized spacial score (nSPS) is 23.5. The monoisotopic (exact) mass is 692 g/mol. The number of rotatable bonds is 11. The number of halogens is 1. The molecule has 0 spiro atoms. The van der Waals surface area contributed by atoms with E-state index in [1.165, 1.54) is 25.5 Å². The number of aliphatic hydroxyl groups excluding tert-OH is 1. The van der Waals surface area contributed by atoms with E-state index in [-0.39, 0.29) is 46.0 Å². The number of anilines is 1. The number of aliphatic hydroxyl groups is 2. The lowest BCUT2D eigenvalue weighted by Crippen LogP contribution is -2.44. The molecule has 6 unspecified atom stereocenters. The fourth-order valence-corrected chi connectivity index (χ4v) is 6.78. The van der Waals surface area contributed by atoms with Crippen LogP contribution in [-0.4, -0.2) is 79.9 Å². The van der Waals surface area contributed by atoms with Crippen molar-refractivity contribution in [2.45, 2.75) is 64.7 Å². The fourth-order valence-electron chi connectivity index (χ4n) is 5.01. The van der Waals surface area contributed by atoms with Crippen molar-refractivity contribution >= 4 is 53.2 Å². The minimum atomic E-state index is -4.41. The van der Waals surface area contributed by atoms with Crippen molar-refractivity contribution in [1.29, 1.82) is 0 Å². The van der Waals surface area contributed by atoms with Gasteiger partial charge in [0.2, 0.25) is 17.1 Å². The van der Waals surface area contributed by atoms with Crippen LogP contribution in [0.2, 0.25) is 5.28 Å². The Morgan fingerprint density at radius 1 is 1.21 bits per heavy atom. The maximum absolute atomic E-state index is 14.4. The van der Waals surface area contributed by atoms with Gasteiger partial charge in [-0.15, -0.1) is 0 Å². The average molecular weight is 693 g/mol. The Kier molecular flexibility index (Phi) is 9.73. The number of nitrogens with zero attached hydrogens (tertiary/aromatic N) is 4. The summed E-state index contributed by atoms with van der Waals surface area (Å²) in [7, 11) is -3.04. The first-order valence-corrected chi connectivity index (χ1v) is 16.6. The molecule has 1 fully saturated rings. The fraction of sp³-hybridized carbons (Fsp3) is 0.467. The number of imidazole rings is 1. The number of fused-ring (bicyclic) bond motifs is 2. The Hall–Kier alpha value is -3.56. The molecule has 2 aromatic heterocycles. The number of esters is 1. The summed E-state index contributed by atoms with van der Waals surface area (Å²) in [4.78, 5) is 25.2. The minimum absolute atomic E-state index is 0.0407. The average Bonchev–Trinajstić information content (AvgIpc) is 3.44. The van der Waals surface area contributed by atoms with Crippen molar-refractivity contribution in [3.63, 3.8) is 0 Å². The number of hydrogen-bond donors (Lipinski definition) is 4. The van der Waals surface area contributed by atoms with Gasteiger partial charge in [-0.1, -0.05) is 57.2 Å². The molecule has 1 saturated heterocycles. The second-order valence-corrected chi connectivity index (χ2v) is 14.6. The van der Waals surface area contributed by atoms with E-state index in [1.807, 2.05) is 39.0 Å². The highest BCUT2D eigenvalue weighted by Crippen LogP contribution is 2.49. The number of methoxy groups -OCH3 is 1. The first kappa shape index (κ1) is 34.8. The zero-order chi connectivity index (χ0) is 34.3. The van der Waals surface area contributed by atoms with Gasteiger partial charge in [-0.25, -0.2) is 9.55 Å². The first-order chi connectivity index (χ1) is 22.0. The van der Waals surface area contributed by atoms with E-state index in [0.717, 1.165) is 5.39 Å². The highest BCUT2D eigenvalue weighted by molar-refractivity contribution is 7.52. The quantitative estimate of drug-likeness (QED) is 0.0997. The number of nitrogen functional groups attached to an aromatic ring is 1. The number of hydrogen-bond acceptors (Lipinski definition) is 13. The largest absolute Gasteiger partial charge is 0.479 e. The molecular formula is C30H38ClN6O9P. The van der Waals surface area contributed by atoms with Gasteiger partial charge in [0, 0.05) is 5.39 Å². The molecule has 15 nitrogen and oxygen atoms in total. The number of nitrogens with two attached hydrogens (primary N) is 1. The summed E-state index contributed by atoms with van der Waals surface area (Å²) >= 11 is 6.45. The number of carbonyl (C=O) groups is 1. The summed E-state index contributed by atoms with van der Waals surface area (Å²) in [5.41, 5.74) is 3.78. The molecule has 254 valence electrons. The summed E-state index contributed by atoms with van der Waals surface area (Å²) in [5.74, 6) is -0.574. The van der Waals surface area contributed by atoms with Crippen LogP contribution in [-0.2, 0) is 23.4 Å². The van der Waals surface area contributed by atoms with Crippen LogP contribution in [0.25, 0.3) is 21.9 Å². The van der Waals surface area contributed by atoms with Crippen LogP contribution in [0.5, 0.6) is 11.6 Å². The maximum Gasteiger partial charge on any atom is 0.459 e. The molecule has 4 aromatic rings. The molecule has 0 bridgehead atoms. The van der Waals surface area contributed by atoms with E-state index >= 15 is 0 Å². The highest BCUT2D eigenvalue weighted by Gasteiger charge is 2.55. The summed E-state index contributed by atoms with van der Waals surface area (Å²) in [6, 6.07) is 11.4. The van der Waals surface area contributed by atoms with Crippen LogP contribution in [0.4, 0.5) is 5.95 Å². The Morgan fingerprint density at radius 3 is 2.62 bits per heavy atom. The molecule has 17 heteroatoms. The third kappa shape index (κ3) is 7.31. The van der Waals surface area contributed by atoms with Gasteiger partial charge in [0.15, 0.2) is 17.4 Å². The molecule has 0 aliphatic carbocycles. The van der Waals surface area contributed by atoms with E-state index in [1.54, 1.807) is 24.3 Å². The molecule has 1 aliphatic rings. The van der Waals surface area contributed by atoms with E-state index in [2.05, 4.69) is 20.0 Å². The zero-order valence-electron chi connectivity index (χ0n) is 26.7. The Labute approximate surface area is 275 Å². The molecule has 47 heavy (non-hydrogen) atoms. The van der Waals surface area contributed by atoms with Crippen LogP contribution in [0.3, 0.4) is 0 Å². The molecule has 3 heterocycles. The third-order valence-electron chi connectivity index (χ3n) is 7.39. The standard InChI is InChI=1S/C30H38ClN6O9P/c1-16(25(39)43-15-29(2,3)4)36-47(41,46-19-13-9-11-17-10-7-8-12-18(17)19)44-14-20-22(38)30(5,40)26(45-20)37-23-21(33-27(37)31)24(42-6)35-28(32)34-23/h7-13,16,20,22,26,38,40H,14-15H2,1-6H3,(H,36,41)(H2,32,34,35). The molecular weight excluding hydrogens is 655 g/mol. The Morgan fingerprint density at radius 2 is 1.91 bits per heavy atom. The van der Waals surface area contributed by atoms with Gasteiger partial charge in [-0.3, -0.25) is 13.9 Å². The molecule has 2 aromatic carbocycles. The number of carbonyl (C=O) groups excluding carboxylic acids is 1. The van der Waals surface area contributed by atoms with Crippen LogP contribution in [0.15, 0.2) is 42.5 Å². The van der Waals surface area contributed by atoms with Gasteiger partial charge < -0.3 is 34.7 Å². The predicted molar refractivity (Wildman–Crippen MR) is 173 cm³/mol. The SMILES string of the molecule is COc1nc(N)nc2c1nc(Cl)n2C1OC(COP(=O)(NC(C)C(=O)OCC(C)(C)C)Oc2cccc3ccccc23)C(O)C1(C)O. The lowest BCUT2D eigenvalue weighted by atomic mass is 9.96. The molecule has 5 N–H and O–H groups in total. The number of benzene rings is 2. The minimum Gasteiger partial charge on any atom is -0.479 e. The smallest absolute Gasteiger partial charge is 0.459 e. The predicted octanol–water partition coefficient (Wildman–Crippen LogP) is 4.00. The summed E-state index contributed by atoms with van der Waals surface area (Å²) in [6.07, 6.45) is -4.23. The number of ether oxygens (including phenoxy) is 3. The van der Waals surface area contributed by atoms with Crippen molar-refractivity contribution in [1.82, 2.24) is 24.6 Å². The summed E-state index contributed by atoms with van der Waals surface area (Å²) in [5, 5.41) is 26.6. The summed E-state index contributed by atoms with van der Waals surface area (Å²) in [6.45, 7) is 8.07. The van der Waals surface area contributed by atoms with E-state index < -0.39 is 50.4 Å². The van der Waals surface area contributed by atoms with Crippen molar-refractivity contribution in [3.8, 4) is 11.6 Å². The van der Waals surface area contributed by atoms with Gasteiger partial charge in [-0.05, 0) is 42.3 Å². The van der Waals surface area contributed by atoms with Crippen LogP contribution in [0, 0.1) is 5.41 Å². The van der Waals surface area contributed by atoms with E-state index in [0.29, 0.717) is 5.39 Å². The van der Waals surface area contributed by atoms with Crippen molar-refractivity contribution < 1.29 is 42.8 Å². The first-order valence-electron chi connectivity index (χ1n) is 14.7. The lowest BCUT2D eigenvalue weighted by molar-refractivity contribution is -0.148. The van der Waals surface area contributed by atoms with E-state index in [4.69, 9.17) is 40.6 Å². The topological polar surface area (TPSA) is 202 Å². The van der Waals surface area contributed by atoms with Crippen molar-refractivity contribution in [2.75, 3.05) is 26.1 Å². The molecule has 0 amide bonds. The van der Waals surface area contributed by atoms with Gasteiger partial charge in [-0.2, -0.15) is 15.1 Å². The molecule has 0 radical (unpaired) electrons. The van der Waals surface area contributed by atoms with Gasteiger partial charge >= 0.3 is 13.7 Å². The van der Waals surface area contributed by atoms with Crippen LogP contribution >= 0.6 is 19.3 Å². The number of aromatic nitrogens is 4. The van der Waals surface area contributed by atoms with Gasteiger partial charge in [0.1, 0.15) is 29.6 Å². The lowest BCUT2D eigenvalue weighted by Gasteiger charge is -2.28.